The molecule has 12 aromatic rings. The molecule has 0 aliphatic heterocycles. The van der Waals surface area contributed by atoms with E-state index in [0.29, 0.717) is 0 Å². The number of fused-ring (bicyclic) bond motifs is 4. The molecule has 0 bridgehead atoms. The van der Waals surface area contributed by atoms with Crippen LogP contribution in [0.15, 0.2) is 265 Å². The first-order valence-electron chi connectivity index (χ1n) is 22.6. The summed E-state index contributed by atoms with van der Waals surface area (Å²) in [6.07, 6.45) is 0. The molecular weight excluding hydrogens is 799 g/mol. The highest BCUT2D eigenvalue weighted by Crippen LogP contribution is 2.43. The van der Waals surface area contributed by atoms with Gasteiger partial charge in [0.25, 0.3) is 0 Å². The summed E-state index contributed by atoms with van der Waals surface area (Å²) in [5, 5.41) is 6.09. The van der Waals surface area contributed by atoms with Gasteiger partial charge in [-0.1, -0.05) is 206 Å². The molecule has 0 saturated carbocycles. The molecule has 2 heteroatoms. The van der Waals surface area contributed by atoms with E-state index in [4.69, 9.17) is 4.42 Å². The van der Waals surface area contributed by atoms with Gasteiger partial charge in [0.05, 0.1) is 0 Å². The number of furan rings is 1. The molecule has 12 rings (SSSR count). The lowest BCUT2D eigenvalue weighted by atomic mass is 9.95. The fraction of sp³-hybridized carbons (Fsp3) is 0. The highest BCUT2D eigenvalue weighted by molar-refractivity contribution is 6.08. The molecule has 0 spiro atoms. The molecule has 0 atom stereocenters. The van der Waals surface area contributed by atoms with Gasteiger partial charge in [0.2, 0.25) is 0 Å². The van der Waals surface area contributed by atoms with Crippen molar-refractivity contribution in [3.8, 4) is 67.0 Å². The SMILES string of the molecule is c1ccc(-c2cccc(-c3ccc(N(c4ccc(-c5ccc(-c6cccc(-c7oc8ccccc8c7-c7ccccc7)c6)cc5)cc4)c4ccc5c(ccc6ccccc65)c4)cc3)c2)cc1. The third-order valence-electron chi connectivity index (χ3n) is 12.9. The van der Waals surface area contributed by atoms with Crippen LogP contribution in [0.3, 0.4) is 0 Å². The first kappa shape index (κ1) is 38.9. The van der Waals surface area contributed by atoms with Gasteiger partial charge >= 0.3 is 0 Å². The second-order valence-electron chi connectivity index (χ2n) is 16.9. The molecule has 310 valence electrons. The third-order valence-corrected chi connectivity index (χ3v) is 12.9. The Morgan fingerprint density at radius 2 is 0.667 bits per heavy atom. The fourth-order valence-corrected chi connectivity index (χ4v) is 9.54. The maximum absolute atomic E-state index is 6.56. The minimum absolute atomic E-state index is 0.886. The van der Waals surface area contributed by atoms with E-state index in [1.165, 1.54) is 43.8 Å². The van der Waals surface area contributed by atoms with Crippen LogP contribution in [0.5, 0.6) is 0 Å². The summed E-state index contributed by atoms with van der Waals surface area (Å²) < 4.78 is 6.56. The Morgan fingerprint density at radius 1 is 0.242 bits per heavy atom. The van der Waals surface area contributed by atoms with Crippen LogP contribution in [0.2, 0.25) is 0 Å². The lowest BCUT2D eigenvalue weighted by Crippen LogP contribution is -2.09. The van der Waals surface area contributed by atoms with Crippen molar-refractivity contribution in [1.29, 1.82) is 0 Å². The van der Waals surface area contributed by atoms with E-state index in [1.54, 1.807) is 0 Å². The Hall–Kier alpha value is -8.72. The molecule has 0 fully saturated rings. The van der Waals surface area contributed by atoms with Crippen LogP contribution in [0.1, 0.15) is 0 Å². The van der Waals surface area contributed by atoms with E-state index >= 15 is 0 Å². The number of benzene rings is 11. The first-order valence-corrected chi connectivity index (χ1v) is 22.6. The molecule has 0 aliphatic rings. The molecule has 0 radical (unpaired) electrons. The van der Waals surface area contributed by atoms with Crippen molar-refractivity contribution in [1.82, 2.24) is 0 Å². The van der Waals surface area contributed by atoms with Gasteiger partial charge < -0.3 is 9.32 Å². The standard InChI is InChI=1S/C64H43NO/c1-3-13-44(14-4-1)51-18-11-19-52(41-51)48-33-37-57(38-34-48)65(58-39-40-60-54(43-58)30-29-49-15-7-8-22-59(49)60)56-35-31-46(32-36-56)45-25-27-47(28-26-45)53-20-12-21-55(42-53)64-63(50-16-5-2-6-17-50)61-23-9-10-24-62(61)66-64/h1-43H. The molecular formula is C64H43NO. The minimum Gasteiger partial charge on any atom is -0.455 e. The summed E-state index contributed by atoms with van der Waals surface area (Å²) in [4.78, 5) is 2.36. The van der Waals surface area contributed by atoms with Crippen LogP contribution < -0.4 is 4.90 Å². The highest BCUT2D eigenvalue weighted by Gasteiger charge is 2.19. The van der Waals surface area contributed by atoms with E-state index in [0.717, 1.165) is 72.7 Å². The summed E-state index contributed by atoms with van der Waals surface area (Å²) in [6, 6.07) is 93.7. The smallest absolute Gasteiger partial charge is 0.143 e. The van der Waals surface area contributed by atoms with Crippen molar-refractivity contribution in [2.75, 3.05) is 4.90 Å². The highest BCUT2D eigenvalue weighted by atomic mass is 16.3. The van der Waals surface area contributed by atoms with Gasteiger partial charge in [-0.2, -0.15) is 0 Å². The van der Waals surface area contributed by atoms with Crippen molar-refractivity contribution < 1.29 is 4.42 Å². The van der Waals surface area contributed by atoms with E-state index < -0.39 is 0 Å². The van der Waals surface area contributed by atoms with Crippen molar-refractivity contribution in [2.45, 2.75) is 0 Å². The lowest BCUT2D eigenvalue weighted by molar-refractivity contribution is 0.632. The zero-order chi connectivity index (χ0) is 43.8. The average Bonchev–Trinajstić information content (AvgIpc) is 3.80. The Bertz CT molecular complexity index is 3660. The summed E-state index contributed by atoms with van der Waals surface area (Å²) in [5.74, 6) is 0.886. The van der Waals surface area contributed by atoms with Gasteiger partial charge in [-0.15, -0.1) is 0 Å². The number of rotatable bonds is 9. The van der Waals surface area contributed by atoms with Crippen molar-refractivity contribution in [3.63, 3.8) is 0 Å². The maximum atomic E-state index is 6.56. The van der Waals surface area contributed by atoms with Gasteiger partial charge in [0.1, 0.15) is 11.3 Å². The summed E-state index contributed by atoms with van der Waals surface area (Å²) >= 11 is 0. The van der Waals surface area contributed by atoms with Gasteiger partial charge in [0, 0.05) is 33.6 Å². The van der Waals surface area contributed by atoms with Crippen LogP contribution in [0, 0.1) is 0 Å². The second kappa shape index (κ2) is 16.8. The molecule has 0 aliphatic carbocycles. The predicted octanol–water partition coefficient (Wildman–Crippen LogP) is 18.2. The zero-order valence-corrected chi connectivity index (χ0v) is 36.2. The topological polar surface area (TPSA) is 16.4 Å². The van der Waals surface area contributed by atoms with Gasteiger partial charge in [-0.3, -0.25) is 0 Å². The third kappa shape index (κ3) is 7.31. The van der Waals surface area contributed by atoms with Crippen molar-refractivity contribution in [3.05, 3.63) is 261 Å². The normalized spacial score (nSPS) is 11.3. The maximum Gasteiger partial charge on any atom is 0.143 e. The van der Waals surface area contributed by atoms with Crippen LogP contribution in [-0.4, -0.2) is 0 Å². The second-order valence-corrected chi connectivity index (χ2v) is 16.9. The Balaban J connectivity index is 0.865. The average molecular weight is 842 g/mol. The van der Waals surface area contributed by atoms with E-state index in [9.17, 15) is 0 Å². The number of anilines is 3. The molecule has 0 saturated heterocycles. The van der Waals surface area contributed by atoms with Gasteiger partial charge in [-0.05, 0) is 126 Å². The predicted molar refractivity (Wildman–Crippen MR) is 279 cm³/mol. The summed E-state index contributed by atoms with van der Waals surface area (Å²) in [6.45, 7) is 0. The molecule has 2 nitrogen and oxygen atoms in total. The number of nitrogens with zero attached hydrogens (tertiary/aromatic N) is 1. The lowest BCUT2D eigenvalue weighted by Gasteiger charge is -2.26. The van der Waals surface area contributed by atoms with Crippen LogP contribution in [-0.2, 0) is 0 Å². The number of para-hydroxylation sites is 1. The first-order chi connectivity index (χ1) is 32.7. The van der Waals surface area contributed by atoms with Crippen LogP contribution >= 0.6 is 0 Å². The Morgan fingerprint density at radius 3 is 1.30 bits per heavy atom. The van der Waals surface area contributed by atoms with Crippen LogP contribution in [0.4, 0.5) is 17.1 Å². The van der Waals surface area contributed by atoms with Gasteiger partial charge in [0.15, 0.2) is 0 Å². The zero-order valence-electron chi connectivity index (χ0n) is 36.2. The van der Waals surface area contributed by atoms with E-state index in [-0.39, 0.29) is 0 Å². The van der Waals surface area contributed by atoms with Gasteiger partial charge in [-0.25, -0.2) is 0 Å². The number of hydrogen-bond acceptors (Lipinski definition) is 2. The molecule has 0 N–H and O–H groups in total. The summed E-state index contributed by atoms with van der Waals surface area (Å²) in [7, 11) is 0. The van der Waals surface area contributed by atoms with Crippen molar-refractivity contribution in [2.24, 2.45) is 0 Å². The monoisotopic (exact) mass is 841 g/mol. The molecule has 11 aromatic carbocycles. The van der Waals surface area contributed by atoms with E-state index in [1.807, 2.05) is 12.1 Å². The number of hydrogen-bond donors (Lipinski definition) is 0. The van der Waals surface area contributed by atoms with E-state index in [2.05, 4.69) is 254 Å². The molecule has 0 unspecified atom stereocenters. The molecule has 0 amide bonds. The fourth-order valence-electron chi connectivity index (χ4n) is 9.54. The molecule has 1 aromatic heterocycles. The minimum atomic E-state index is 0.886. The Kier molecular flexibility index (Phi) is 9.89. The van der Waals surface area contributed by atoms with Crippen molar-refractivity contribution >= 4 is 49.6 Å². The van der Waals surface area contributed by atoms with Crippen LogP contribution in [0.25, 0.3) is 99.5 Å². The Labute approximate surface area is 384 Å². The molecule has 66 heavy (non-hydrogen) atoms. The molecule has 1 heterocycles. The summed E-state index contributed by atoms with van der Waals surface area (Å²) in [5.41, 5.74) is 16.9. The largest absolute Gasteiger partial charge is 0.455 e. The quantitative estimate of drug-likeness (QED) is 0.135.